The average molecular weight is 349 g/mol. The van der Waals surface area contributed by atoms with Gasteiger partial charge in [0.25, 0.3) is 10.2 Å². The Kier molecular flexibility index (Phi) is 4.71. The maximum Gasteiger partial charge on any atom is 0.281 e. The van der Waals surface area contributed by atoms with E-state index in [0.29, 0.717) is 13.1 Å². The molecule has 0 bridgehead atoms. The van der Waals surface area contributed by atoms with Gasteiger partial charge in [0, 0.05) is 52.0 Å². The number of aryl methyl sites for hydroxylation is 1. The van der Waals surface area contributed by atoms with Crippen LogP contribution in [-0.4, -0.2) is 59.0 Å². The van der Waals surface area contributed by atoms with Crippen molar-refractivity contribution in [3.8, 4) is 11.4 Å². The minimum atomic E-state index is -3.38. The van der Waals surface area contributed by atoms with Crippen molar-refractivity contribution in [3.05, 3.63) is 36.2 Å². The lowest BCUT2D eigenvalue weighted by Crippen LogP contribution is -2.45. The van der Waals surface area contributed by atoms with Gasteiger partial charge < -0.3 is 0 Å². The molecular weight excluding hydrogens is 326 g/mol. The lowest BCUT2D eigenvalue weighted by Gasteiger charge is -2.33. The monoisotopic (exact) mass is 349 g/mol. The van der Waals surface area contributed by atoms with Crippen molar-refractivity contribution in [1.82, 2.24) is 23.4 Å². The fourth-order valence-electron chi connectivity index (χ4n) is 3.07. The zero-order valence-electron chi connectivity index (χ0n) is 14.3. The van der Waals surface area contributed by atoms with Gasteiger partial charge in [0.1, 0.15) is 0 Å². The Hall–Kier alpha value is -1.77. The van der Waals surface area contributed by atoms with Gasteiger partial charge in [-0.05, 0) is 31.0 Å². The van der Waals surface area contributed by atoms with Gasteiger partial charge in [-0.1, -0.05) is 6.07 Å². The van der Waals surface area contributed by atoms with Crippen molar-refractivity contribution in [2.45, 2.75) is 18.8 Å². The van der Waals surface area contributed by atoms with E-state index in [9.17, 15) is 8.42 Å². The summed E-state index contributed by atoms with van der Waals surface area (Å²) in [6.07, 6.45) is 3.53. The van der Waals surface area contributed by atoms with Crippen LogP contribution >= 0.6 is 0 Å². The van der Waals surface area contributed by atoms with Crippen LogP contribution in [0.4, 0.5) is 0 Å². The van der Waals surface area contributed by atoms with Gasteiger partial charge in [-0.2, -0.15) is 22.1 Å². The predicted octanol–water partition coefficient (Wildman–Crippen LogP) is 1.47. The summed E-state index contributed by atoms with van der Waals surface area (Å²) >= 11 is 0. The second-order valence-corrected chi connectivity index (χ2v) is 8.42. The normalized spacial score (nSPS) is 19.8. The van der Waals surface area contributed by atoms with Crippen LogP contribution < -0.4 is 0 Å². The lowest BCUT2D eigenvalue weighted by molar-refractivity contribution is 0.296. The molecule has 3 rings (SSSR count). The molecule has 2 aromatic rings. The van der Waals surface area contributed by atoms with Crippen molar-refractivity contribution in [2.24, 2.45) is 7.05 Å². The molecule has 2 aromatic heterocycles. The SMILES string of the molecule is CN(C)S(=O)(=O)N1CCCC(c2cccc(-c3ccnn3C)n2)C1. The third kappa shape index (κ3) is 3.22. The van der Waals surface area contributed by atoms with Crippen molar-refractivity contribution in [1.29, 1.82) is 0 Å². The van der Waals surface area contributed by atoms with Gasteiger partial charge in [-0.25, -0.2) is 0 Å². The standard InChI is InChI=1S/C16H23N5O2S/c1-19(2)24(22,23)21-11-5-6-13(12-21)14-7-4-8-15(18-14)16-9-10-17-20(16)3/h4,7-10,13H,5-6,11-12H2,1-3H3. The highest BCUT2D eigenvalue weighted by Crippen LogP contribution is 2.29. The molecule has 0 aliphatic carbocycles. The first kappa shape index (κ1) is 17.1. The third-order valence-corrected chi connectivity index (χ3v) is 6.35. The molecule has 1 atom stereocenters. The van der Waals surface area contributed by atoms with Gasteiger partial charge in [0.2, 0.25) is 0 Å². The van der Waals surface area contributed by atoms with Crippen molar-refractivity contribution >= 4 is 10.2 Å². The van der Waals surface area contributed by atoms with Crippen molar-refractivity contribution in [2.75, 3.05) is 27.2 Å². The topological polar surface area (TPSA) is 71.3 Å². The Morgan fingerprint density at radius 1 is 1.25 bits per heavy atom. The van der Waals surface area contributed by atoms with E-state index >= 15 is 0 Å². The van der Waals surface area contributed by atoms with Gasteiger partial charge in [-0.15, -0.1) is 0 Å². The largest absolute Gasteiger partial charge is 0.281 e. The zero-order chi connectivity index (χ0) is 17.3. The molecule has 1 aliphatic rings. The van der Waals surface area contributed by atoms with Crippen LogP contribution in [0.25, 0.3) is 11.4 Å². The molecule has 3 heterocycles. The second-order valence-electron chi connectivity index (χ2n) is 6.28. The van der Waals surface area contributed by atoms with E-state index < -0.39 is 10.2 Å². The van der Waals surface area contributed by atoms with E-state index in [1.165, 1.54) is 4.31 Å². The minimum absolute atomic E-state index is 0.113. The molecule has 8 heteroatoms. The summed E-state index contributed by atoms with van der Waals surface area (Å²) in [5, 5.41) is 4.18. The number of aromatic nitrogens is 3. The first-order valence-corrected chi connectivity index (χ1v) is 9.42. The van der Waals surface area contributed by atoms with Gasteiger partial charge >= 0.3 is 0 Å². The summed E-state index contributed by atoms with van der Waals surface area (Å²) in [5.74, 6) is 0.113. The van der Waals surface area contributed by atoms with E-state index in [2.05, 4.69) is 5.10 Å². The molecule has 0 aromatic carbocycles. The molecule has 1 aliphatic heterocycles. The van der Waals surface area contributed by atoms with Crippen LogP contribution in [0.3, 0.4) is 0 Å². The summed E-state index contributed by atoms with van der Waals surface area (Å²) in [5.41, 5.74) is 2.75. The number of hydrogen-bond donors (Lipinski definition) is 0. The van der Waals surface area contributed by atoms with Gasteiger partial charge in [0.15, 0.2) is 0 Å². The smallest absolute Gasteiger partial charge is 0.266 e. The van der Waals surface area contributed by atoms with Crippen LogP contribution in [0.2, 0.25) is 0 Å². The molecule has 24 heavy (non-hydrogen) atoms. The Bertz CT molecular complexity index is 815. The molecule has 0 spiro atoms. The Morgan fingerprint density at radius 3 is 2.71 bits per heavy atom. The third-order valence-electron chi connectivity index (χ3n) is 4.44. The molecule has 1 fully saturated rings. The van der Waals surface area contributed by atoms with E-state index in [1.54, 1.807) is 29.3 Å². The van der Waals surface area contributed by atoms with Gasteiger partial charge in [0.05, 0.1) is 11.4 Å². The molecule has 1 saturated heterocycles. The minimum Gasteiger partial charge on any atom is -0.266 e. The number of nitrogens with zero attached hydrogens (tertiary/aromatic N) is 5. The fraction of sp³-hybridized carbons (Fsp3) is 0.500. The molecule has 0 saturated carbocycles. The number of hydrogen-bond acceptors (Lipinski definition) is 4. The summed E-state index contributed by atoms with van der Waals surface area (Å²) in [6, 6.07) is 7.84. The average Bonchev–Trinajstić information content (AvgIpc) is 3.01. The quantitative estimate of drug-likeness (QED) is 0.838. The fourth-order valence-corrected chi connectivity index (χ4v) is 4.26. The summed E-state index contributed by atoms with van der Waals surface area (Å²) in [6.45, 7) is 1.04. The van der Waals surface area contributed by atoms with Crippen molar-refractivity contribution in [3.63, 3.8) is 0 Å². The zero-order valence-corrected chi connectivity index (χ0v) is 15.1. The first-order valence-electron chi connectivity index (χ1n) is 8.02. The van der Waals surface area contributed by atoms with E-state index in [-0.39, 0.29) is 5.92 Å². The Balaban J connectivity index is 1.86. The molecule has 0 amide bonds. The molecule has 7 nitrogen and oxygen atoms in total. The van der Waals surface area contributed by atoms with E-state index in [0.717, 1.165) is 29.9 Å². The molecule has 0 N–H and O–H groups in total. The first-order chi connectivity index (χ1) is 11.4. The summed E-state index contributed by atoms with van der Waals surface area (Å²) in [4.78, 5) is 4.77. The number of piperidine rings is 1. The number of pyridine rings is 1. The molecule has 1 unspecified atom stereocenters. The van der Waals surface area contributed by atoms with Crippen LogP contribution in [0.15, 0.2) is 30.5 Å². The van der Waals surface area contributed by atoms with Crippen LogP contribution in [-0.2, 0) is 17.3 Å². The lowest BCUT2D eigenvalue weighted by atomic mass is 9.95. The van der Waals surface area contributed by atoms with Gasteiger partial charge in [-0.3, -0.25) is 9.67 Å². The number of rotatable bonds is 4. The summed E-state index contributed by atoms with van der Waals surface area (Å²) in [7, 11) is 1.65. The molecular formula is C16H23N5O2S. The van der Waals surface area contributed by atoms with E-state index in [4.69, 9.17) is 4.98 Å². The second kappa shape index (κ2) is 6.62. The highest BCUT2D eigenvalue weighted by atomic mass is 32.2. The predicted molar refractivity (Wildman–Crippen MR) is 92.6 cm³/mol. The van der Waals surface area contributed by atoms with Crippen molar-refractivity contribution < 1.29 is 8.42 Å². The van der Waals surface area contributed by atoms with Crippen LogP contribution in [0.1, 0.15) is 24.5 Å². The van der Waals surface area contributed by atoms with Crippen LogP contribution in [0, 0.1) is 0 Å². The highest BCUT2D eigenvalue weighted by Gasteiger charge is 2.31. The Morgan fingerprint density at radius 2 is 2.04 bits per heavy atom. The molecule has 130 valence electrons. The summed E-state index contributed by atoms with van der Waals surface area (Å²) < 4.78 is 29.4. The Labute approximate surface area is 143 Å². The molecule has 0 radical (unpaired) electrons. The van der Waals surface area contributed by atoms with E-state index in [1.807, 2.05) is 31.3 Å². The maximum absolute atomic E-state index is 12.4. The van der Waals surface area contributed by atoms with Crippen LogP contribution in [0.5, 0.6) is 0 Å². The highest BCUT2D eigenvalue weighted by molar-refractivity contribution is 7.86. The maximum atomic E-state index is 12.4.